The Morgan fingerprint density at radius 2 is 2.00 bits per heavy atom. The number of aliphatic hydroxyl groups is 1. The van der Waals surface area contributed by atoms with E-state index >= 15 is 0 Å². The molecular weight excluding hydrogens is 452 g/mol. The van der Waals surface area contributed by atoms with Crippen LogP contribution in [0.3, 0.4) is 0 Å². The molecule has 0 fully saturated rings. The van der Waals surface area contributed by atoms with Gasteiger partial charge in [0, 0.05) is 29.4 Å². The van der Waals surface area contributed by atoms with Gasteiger partial charge in [0.1, 0.15) is 11.9 Å². The Bertz CT molecular complexity index is 1370. The Labute approximate surface area is 181 Å². The van der Waals surface area contributed by atoms with Crippen LogP contribution in [0.15, 0.2) is 41.7 Å². The van der Waals surface area contributed by atoms with Crippen LogP contribution in [0.1, 0.15) is 12.2 Å². The standard InChI is InChI=1S/C19H18ClF2N5O3S/c1-31(29,30)19-12-4-6-23-9-15(12)27(25-19)10-17-24-13-8-11(20)2-3-14(13)26(17)7-5-16(28)18(21)22/h2-4,6,8-9,16,18,28H,5,7,10H2,1H3. The van der Waals surface area contributed by atoms with Crippen molar-refractivity contribution in [3.05, 3.63) is 47.5 Å². The zero-order chi connectivity index (χ0) is 22.3. The zero-order valence-corrected chi connectivity index (χ0v) is 17.9. The Balaban J connectivity index is 1.81. The summed E-state index contributed by atoms with van der Waals surface area (Å²) < 4.78 is 53.1. The molecular formula is C19H18ClF2N5O3S. The number of benzene rings is 1. The molecule has 164 valence electrons. The molecule has 1 unspecified atom stereocenters. The first kappa shape index (κ1) is 21.6. The number of hydrogen-bond acceptors (Lipinski definition) is 6. The number of nitrogens with zero attached hydrogens (tertiary/aromatic N) is 5. The largest absolute Gasteiger partial charge is 0.387 e. The second-order valence-corrected chi connectivity index (χ2v) is 9.50. The van der Waals surface area contributed by atoms with Crippen LogP contribution in [-0.4, -0.2) is 56.6 Å². The van der Waals surface area contributed by atoms with E-state index in [1.54, 1.807) is 28.8 Å². The lowest BCUT2D eigenvalue weighted by atomic mass is 10.2. The Morgan fingerprint density at radius 1 is 1.23 bits per heavy atom. The van der Waals surface area contributed by atoms with Gasteiger partial charge in [-0.25, -0.2) is 22.2 Å². The van der Waals surface area contributed by atoms with Crippen LogP contribution < -0.4 is 0 Å². The SMILES string of the molecule is CS(=O)(=O)c1nn(Cc2nc3cc(Cl)ccc3n2CCC(O)C(F)F)c2cnccc12. The quantitative estimate of drug-likeness (QED) is 0.446. The van der Waals surface area contributed by atoms with Gasteiger partial charge in [0.2, 0.25) is 0 Å². The van der Waals surface area contributed by atoms with Crippen LogP contribution in [0.5, 0.6) is 0 Å². The summed E-state index contributed by atoms with van der Waals surface area (Å²) in [6.45, 7) is 0.143. The third-order valence-corrected chi connectivity index (χ3v) is 6.13. The minimum Gasteiger partial charge on any atom is -0.387 e. The van der Waals surface area contributed by atoms with Crippen molar-refractivity contribution in [3.8, 4) is 0 Å². The number of alkyl halides is 2. The summed E-state index contributed by atoms with van der Waals surface area (Å²) in [5.41, 5.74) is 1.69. The average molecular weight is 470 g/mol. The van der Waals surface area contributed by atoms with Gasteiger partial charge in [-0.3, -0.25) is 9.67 Å². The fourth-order valence-corrected chi connectivity index (χ4v) is 4.41. The molecule has 31 heavy (non-hydrogen) atoms. The van der Waals surface area contributed by atoms with Gasteiger partial charge in [-0.05, 0) is 30.7 Å². The monoisotopic (exact) mass is 469 g/mol. The highest BCUT2D eigenvalue weighted by Gasteiger charge is 2.22. The summed E-state index contributed by atoms with van der Waals surface area (Å²) in [5.74, 6) is 0.451. The highest BCUT2D eigenvalue weighted by atomic mass is 35.5. The van der Waals surface area contributed by atoms with Gasteiger partial charge in [-0.2, -0.15) is 5.10 Å². The number of aliphatic hydroxyl groups excluding tert-OH is 1. The molecule has 8 nitrogen and oxygen atoms in total. The molecule has 0 aliphatic rings. The second kappa shape index (κ2) is 8.13. The number of hydrogen-bond donors (Lipinski definition) is 1. The maximum Gasteiger partial charge on any atom is 0.264 e. The lowest BCUT2D eigenvalue weighted by molar-refractivity contribution is -0.0109. The smallest absolute Gasteiger partial charge is 0.264 e. The van der Waals surface area contributed by atoms with Gasteiger partial charge in [-0.15, -0.1) is 0 Å². The van der Waals surface area contributed by atoms with E-state index < -0.39 is 22.4 Å². The average Bonchev–Trinajstić information content (AvgIpc) is 3.24. The van der Waals surface area contributed by atoms with Crippen molar-refractivity contribution in [2.45, 2.75) is 37.1 Å². The van der Waals surface area contributed by atoms with E-state index in [4.69, 9.17) is 11.6 Å². The van der Waals surface area contributed by atoms with Crippen LogP contribution in [0.2, 0.25) is 5.02 Å². The molecule has 0 radical (unpaired) electrons. The predicted molar refractivity (Wildman–Crippen MR) is 111 cm³/mol. The summed E-state index contributed by atoms with van der Waals surface area (Å²) in [4.78, 5) is 8.60. The maximum absolute atomic E-state index is 12.8. The fraction of sp³-hybridized carbons (Fsp3) is 0.316. The second-order valence-electron chi connectivity index (χ2n) is 7.13. The van der Waals surface area contributed by atoms with Crippen LogP contribution in [0, 0.1) is 0 Å². The summed E-state index contributed by atoms with van der Waals surface area (Å²) in [5, 5.41) is 14.6. The van der Waals surface area contributed by atoms with Gasteiger partial charge >= 0.3 is 0 Å². The molecule has 12 heteroatoms. The molecule has 3 aromatic heterocycles. The number of aryl methyl sites for hydroxylation is 1. The topological polar surface area (TPSA) is 103 Å². The number of aromatic nitrogens is 5. The van der Waals surface area contributed by atoms with Crippen LogP contribution in [-0.2, 0) is 22.9 Å². The Hall–Kier alpha value is -2.63. The number of fused-ring (bicyclic) bond motifs is 2. The third-order valence-electron chi connectivity index (χ3n) is 4.89. The van der Waals surface area contributed by atoms with E-state index in [2.05, 4.69) is 15.1 Å². The highest BCUT2D eigenvalue weighted by Crippen LogP contribution is 2.25. The first-order valence-corrected chi connectivity index (χ1v) is 11.5. The van der Waals surface area contributed by atoms with Gasteiger partial charge in [0.05, 0.1) is 29.3 Å². The molecule has 0 saturated carbocycles. The fourth-order valence-electron chi connectivity index (χ4n) is 3.43. The molecule has 0 aliphatic carbocycles. The highest BCUT2D eigenvalue weighted by molar-refractivity contribution is 7.90. The number of halogens is 3. The Morgan fingerprint density at radius 3 is 2.71 bits per heavy atom. The molecule has 1 atom stereocenters. The molecule has 0 aliphatic heterocycles. The number of sulfone groups is 1. The van der Waals surface area contributed by atoms with Crippen molar-refractivity contribution < 1.29 is 22.3 Å². The van der Waals surface area contributed by atoms with Crippen molar-refractivity contribution >= 4 is 43.4 Å². The van der Waals surface area contributed by atoms with Crippen molar-refractivity contribution in [2.24, 2.45) is 0 Å². The molecule has 4 rings (SSSR count). The Kier molecular flexibility index (Phi) is 5.67. The van der Waals surface area contributed by atoms with E-state index in [0.29, 0.717) is 32.8 Å². The third kappa shape index (κ3) is 4.25. The van der Waals surface area contributed by atoms with Crippen LogP contribution in [0.4, 0.5) is 8.78 Å². The number of pyridine rings is 1. The molecule has 0 saturated heterocycles. The van der Waals surface area contributed by atoms with Crippen molar-refractivity contribution in [3.63, 3.8) is 0 Å². The van der Waals surface area contributed by atoms with E-state index in [1.807, 2.05) is 0 Å². The number of imidazole rings is 1. The lowest BCUT2D eigenvalue weighted by Gasteiger charge is -2.13. The molecule has 0 spiro atoms. The van der Waals surface area contributed by atoms with Crippen molar-refractivity contribution in [2.75, 3.05) is 6.26 Å². The molecule has 1 N–H and O–H groups in total. The summed E-state index contributed by atoms with van der Waals surface area (Å²) >= 11 is 6.06. The molecule has 0 bridgehead atoms. The first-order valence-electron chi connectivity index (χ1n) is 9.26. The van der Waals surface area contributed by atoms with Gasteiger partial charge < -0.3 is 9.67 Å². The molecule has 1 aromatic carbocycles. The normalized spacial score (nSPS) is 13.5. The molecule has 3 heterocycles. The minimum absolute atomic E-state index is 0.0643. The van der Waals surface area contributed by atoms with Crippen molar-refractivity contribution in [1.29, 1.82) is 0 Å². The van der Waals surface area contributed by atoms with E-state index in [-0.39, 0.29) is 24.5 Å². The summed E-state index contributed by atoms with van der Waals surface area (Å²) in [6, 6.07) is 6.58. The van der Waals surface area contributed by atoms with Gasteiger partial charge in [0.15, 0.2) is 14.9 Å². The van der Waals surface area contributed by atoms with Crippen LogP contribution >= 0.6 is 11.6 Å². The van der Waals surface area contributed by atoms with Gasteiger partial charge in [-0.1, -0.05) is 11.6 Å². The summed E-state index contributed by atoms with van der Waals surface area (Å²) in [6.07, 6.45) is -0.764. The molecule has 0 amide bonds. The number of rotatable bonds is 7. The van der Waals surface area contributed by atoms with Crippen LogP contribution in [0.25, 0.3) is 21.9 Å². The maximum atomic E-state index is 12.8. The zero-order valence-electron chi connectivity index (χ0n) is 16.3. The van der Waals surface area contributed by atoms with E-state index in [0.717, 1.165) is 6.26 Å². The van der Waals surface area contributed by atoms with Gasteiger partial charge in [0.25, 0.3) is 6.43 Å². The first-order chi connectivity index (χ1) is 14.6. The van der Waals surface area contributed by atoms with Crippen molar-refractivity contribution in [1.82, 2.24) is 24.3 Å². The molecule has 4 aromatic rings. The predicted octanol–water partition coefficient (Wildman–Crippen LogP) is 2.90. The minimum atomic E-state index is -3.59. The van der Waals surface area contributed by atoms with E-state index in [1.165, 1.54) is 17.1 Å². The van der Waals surface area contributed by atoms with E-state index in [9.17, 15) is 22.3 Å². The summed E-state index contributed by atoms with van der Waals surface area (Å²) in [7, 11) is -3.59. The lowest BCUT2D eigenvalue weighted by Crippen LogP contribution is -2.20.